The zero-order chi connectivity index (χ0) is 13.0. The molecule has 0 spiro atoms. The third-order valence-electron chi connectivity index (χ3n) is 2.67. The molecular formula is C13H17NO4. The van der Waals surface area contributed by atoms with Crippen molar-refractivity contribution in [2.24, 2.45) is 0 Å². The average molecular weight is 251 g/mol. The first-order valence-corrected chi connectivity index (χ1v) is 5.87. The number of benzene rings is 1. The molecule has 0 atom stereocenters. The normalized spacial score (nSPS) is 13.9. The SMILES string of the molecule is COc1cccc(OC)c1OCC(=O)NC1CC1. The Balaban J connectivity index is 1.99. The van der Waals surface area contributed by atoms with E-state index in [1.54, 1.807) is 32.4 Å². The monoisotopic (exact) mass is 251 g/mol. The van der Waals surface area contributed by atoms with Gasteiger partial charge in [-0.05, 0) is 25.0 Å². The van der Waals surface area contributed by atoms with Crippen LogP contribution in [0.25, 0.3) is 0 Å². The third kappa shape index (κ3) is 3.06. The van der Waals surface area contributed by atoms with Crippen LogP contribution >= 0.6 is 0 Å². The summed E-state index contributed by atoms with van der Waals surface area (Å²) in [4.78, 5) is 11.5. The minimum absolute atomic E-state index is 0.0345. The van der Waals surface area contributed by atoms with E-state index in [0.717, 1.165) is 12.8 Å². The number of methoxy groups -OCH3 is 2. The first-order valence-electron chi connectivity index (χ1n) is 5.87. The maximum absolute atomic E-state index is 11.5. The molecule has 1 saturated carbocycles. The summed E-state index contributed by atoms with van der Waals surface area (Å²) in [6.07, 6.45) is 2.12. The smallest absolute Gasteiger partial charge is 0.258 e. The molecule has 5 heteroatoms. The second kappa shape index (κ2) is 5.62. The van der Waals surface area contributed by atoms with Crippen LogP contribution in [0.3, 0.4) is 0 Å². The molecule has 1 aromatic rings. The number of carbonyl (C=O) groups excluding carboxylic acids is 1. The highest BCUT2D eigenvalue weighted by molar-refractivity contribution is 5.78. The van der Waals surface area contributed by atoms with E-state index in [9.17, 15) is 4.79 Å². The molecule has 1 fully saturated rings. The van der Waals surface area contributed by atoms with Crippen molar-refractivity contribution in [3.05, 3.63) is 18.2 Å². The molecule has 1 aromatic carbocycles. The molecule has 0 aromatic heterocycles. The van der Waals surface area contributed by atoms with Gasteiger partial charge in [-0.15, -0.1) is 0 Å². The molecule has 5 nitrogen and oxygen atoms in total. The lowest BCUT2D eigenvalue weighted by Gasteiger charge is -2.13. The largest absolute Gasteiger partial charge is 0.493 e. The summed E-state index contributed by atoms with van der Waals surface area (Å²) in [7, 11) is 3.10. The van der Waals surface area contributed by atoms with E-state index in [0.29, 0.717) is 23.3 Å². The molecule has 98 valence electrons. The molecule has 0 unspecified atom stereocenters. The van der Waals surface area contributed by atoms with E-state index in [4.69, 9.17) is 14.2 Å². The van der Waals surface area contributed by atoms with Crippen LogP contribution in [0, 0.1) is 0 Å². The summed E-state index contributed by atoms with van der Waals surface area (Å²) in [5, 5.41) is 2.85. The van der Waals surface area contributed by atoms with E-state index in [1.165, 1.54) is 0 Å². The number of nitrogens with one attached hydrogen (secondary N) is 1. The number of para-hydroxylation sites is 1. The Morgan fingerprint density at radius 2 is 1.89 bits per heavy atom. The van der Waals surface area contributed by atoms with Gasteiger partial charge in [0.25, 0.3) is 5.91 Å². The molecule has 1 aliphatic rings. The standard InChI is InChI=1S/C13H17NO4/c1-16-10-4-3-5-11(17-2)13(10)18-8-12(15)14-9-6-7-9/h3-5,9H,6-8H2,1-2H3,(H,14,15). The van der Waals surface area contributed by atoms with Crippen LogP contribution in [0.5, 0.6) is 17.2 Å². The zero-order valence-corrected chi connectivity index (χ0v) is 10.6. The molecule has 0 heterocycles. The minimum atomic E-state index is -0.120. The van der Waals surface area contributed by atoms with Crippen LogP contribution in [0.2, 0.25) is 0 Å². The zero-order valence-electron chi connectivity index (χ0n) is 10.6. The molecule has 0 radical (unpaired) electrons. The fourth-order valence-corrected chi connectivity index (χ4v) is 1.59. The van der Waals surface area contributed by atoms with Crippen LogP contribution < -0.4 is 19.5 Å². The van der Waals surface area contributed by atoms with Crippen molar-refractivity contribution in [2.75, 3.05) is 20.8 Å². The Hall–Kier alpha value is -1.91. The summed E-state index contributed by atoms with van der Waals surface area (Å²) in [6, 6.07) is 5.66. The Bertz CT molecular complexity index is 407. The lowest BCUT2D eigenvalue weighted by molar-refractivity contribution is -0.123. The van der Waals surface area contributed by atoms with Gasteiger partial charge in [0.05, 0.1) is 14.2 Å². The lowest BCUT2D eigenvalue weighted by atomic mass is 10.3. The van der Waals surface area contributed by atoms with Gasteiger partial charge < -0.3 is 19.5 Å². The van der Waals surface area contributed by atoms with Gasteiger partial charge in [0.2, 0.25) is 5.75 Å². The quantitative estimate of drug-likeness (QED) is 0.829. The van der Waals surface area contributed by atoms with E-state index in [-0.39, 0.29) is 12.5 Å². The van der Waals surface area contributed by atoms with Gasteiger partial charge in [-0.3, -0.25) is 4.79 Å². The molecule has 0 bridgehead atoms. The van der Waals surface area contributed by atoms with Crippen molar-refractivity contribution in [2.45, 2.75) is 18.9 Å². The number of hydrogen-bond acceptors (Lipinski definition) is 4. The van der Waals surface area contributed by atoms with Crippen molar-refractivity contribution in [1.29, 1.82) is 0 Å². The Labute approximate surface area is 106 Å². The first-order chi connectivity index (χ1) is 8.74. The first kappa shape index (κ1) is 12.5. The van der Waals surface area contributed by atoms with E-state index in [2.05, 4.69) is 5.32 Å². The molecule has 0 saturated heterocycles. The predicted molar refractivity (Wildman–Crippen MR) is 66.2 cm³/mol. The van der Waals surface area contributed by atoms with Crippen LogP contribution in [0.1, 0.15) is 12.8 Å². The summed E-state index contributed by atoms with van der Waals surface area (Å²) < 4.78 is 15.8. The summed E-state index contributed by atoms with van der Waals surface area (Å²) in [5.41, 5.74) is 0. The van der Waals surface area contributed by atoms with Gasteiger partial charge in [-0.25, -0.2) is 0 Å². The van der Waals surface area contributed by atoms with Gasteiger partial charge >= 0.3 is 0 Å². The second-order valence-corrected chi connectivity index (χ2v) is 4.12. The fraction of sp³-hybridized carbons (Fsp3) is 0.462. The van der Waals surface area contributed by atoms with E-state index < -0.39 is 0 Å². The van der Waals surface area contributed by atoms with Crippen molar-refractivity contribution in [3.8, 4) is 17.2 Å². The predicted octanol–water partition coefficient (Wildman–Crippen LogP) is 1.36. The molecule has 2 rings (SSSR count). The fourth-order valence-electron chi connectivity index (χ4n) is 1.59. The van der Waals surface area contributed by atoms with Gasteiger partial charge in [0, 0.05) is 6.04 Å². The van der Waals surface area contributed by atoms with E-state index >= 15 is 0 Å². The summed E-state index contributed by atoms with van der Waals surface area (Å²) in [5.74, 6) is 1.43. The number of amides is 1. The molecule has 1 aliphatic carbocycles. The average Bonchev–Trinajstić information content (AvgIpc) is 3.19. The van der Waals surface area contributed by atoms with Gasteiger partial charge in [-0.2, -0.15) is 0 Å². The lowest BCUT2D eigenvalue weighted by Crippen LogP contribution is -2.30. The van der Waals surface area contributed by atoms with Crippen LogP contribution in [0.4, 0.5) is 0 Å². The van der Waals surface area contributed by atoms with Crippen molar-refractivity contribution in [1.82, 2.24) is 5.32 Å². The Morgan fingerprint density at radius 3 is 2.39 bits per heavy atom. The topological polar surface area (TPSA) is 56.8 Å². The maximum Gasteiger partial charge on any atom is 0.258 e. The number of carbonyl (C=O) groups is 1. The molecular weight excluding hydrogens is 234 g/mol. The number of hydrogen-bond donors (Lipinski definition) is 1. The van der Waals surface area contributed by atoms with Crippen LogP contribution in [0.15, 0.2) is 18.2 Å². The summed E-state index contributed by atoms with van der Waals surface area (Å²) in [6.45, 7) is -0.0345. The third-order valence-corrected chi connectivity index (χ3v) is 2.67. The van der Waals surface area contributed by atoms with Crippen molar-refractivity contribution >= 4 is 5.91 Å². The van der Waals surface area contributed by atoms with Gasteiger partial charge in [0.15, 0.2) is 18.1 Å². The highest BCUT2D eigenvalue weighted by Crippen LogP contribution is 2.36. The van der Waals surface area contributed by atoms with Crippen molar-refractivity contribution in [3.63, 3.8) is 0 Å². The molecule has 1 amide bonds. The highest BCUT2D eigenvalue weighted by Gasteiger charge is 2.23. The molecule has 1 N–H and O–H groups in total. The number of ether oxygens (including phenoxy) is 3. The van der Waals surface area contributed by atoms with Gasteiger partial charge in [0.1, 0.15) is 0 Å². The summed E-state index contributed by atoms with van der Waals surface area (Å²) >= 11 is 0. The Morgan fingerprint density at radius 1 is 1.28 bits per heavy atom. The van der Waals surface area contributed by atoms with Gasteiger partial charge in [-0.1, -0.05) is 6.07 Å². The maximum atomic E-state index is 11.5. The molecule has 18 heavy (non-hydrogen) atoms. The Kier molecular flexibility index (Phi) is 3.92. The minimum Gasteiger partial charge on any atom is -0.493 e. The second-order valence-electron chi connectivity index (χ2n) is 4.12. The molecule has 0 aliphatic heterocycles. The highest BCUT2D eigenvalue weighted by atomic mass is 16.5. The van der Waals surface area contributed by atoms with Crippen molar-refractivity contribution < 1.29 is 19.0 Å². The van der Waals surface area contributed by atoms with Crippen LogP contribution in [-0.4, -0.2) is 32.8 Å². The van der Waals surface area contributed by atoms with E-state index in [1.807, 2.05) is 0 Å². The van der Waals surface area contributed by atoms with Crippen LogP contribution in [-0.2, 0) is 4.79 Å². The number of rotatable bonds is 6.